The lowest BCUT2D eigenvalue weighted by molar-refractivity contribution is -0.000973. The topological polar surface area (TPSA) is 21.3 Å². The van der Waals surface area contributed by atoms with Gasteiger partial charge in [-0.15, -0.1) is 0 Å². The number of rotatable bonds is 4. The second kappa shape index (κ2) is 5.73. The fraction of sp³-hybridized carbons (Fsp3) is 0.684. The van der Waals surface area contributed by atoms with Gasteiger partial charge >= 0.3 is 0 Å². The third kappa shape index (κ3) is 3.49. The van der Waals surface area contributed by atoms with Crippen LogP contribution in [0.1, 0.15) is 51.5 Å². The minimum absolute atomic E-state index is 0.197. The van der Waals surface area contributed by atoms with E-state index >= 15 is 0 Å². The van der Waals surface area contributed by atoms with E-state index < -0.39 is 0 Å². The monoisotopic (exact) mass is 287 g/mol. The molecule has 2 nitrogen and oxygen atoms in total. The molecule has 1 saturated carbocycles. The first kappa shape index (κ1) is 15.1. The lowest BCUT2D eigenvalue weighted by atomic mass is 9.74. The molecule has 1 aromatic rings. The van der Waals surface area contributed by atoms with Crippen molar-refractivity contribution < 1.29 is 4.74 Å². The molecule has 2 heteroatoms. The Morgan fingerprint density at radius 1 is 1.14 bits per heavy atom. The van der Waals surface area contributed by atoms with E-state index in [4.69, 9.17) is 4.74 Å². The first-order valence-electron chi connectivity index (χ1n) is 8.38. The summed E-state index contributed by atoms with van der Waals surface area (Å²) in [4.78, 5) is 0. The van der Waals surface area contributed by atoms with Crippen LogP contribution in [0.3, 0.4) is 0 Å². The number of nitrogens with one attached hydrogen (secondary N) is 1. The van der Waals surface area contributed by atoms with Gasteiger partial charge in [-0.25, -0.2) is 0 Å². The van der Waals surface area contributed by atoms with Gasteiger partial charge in [0, 0.05) is 25.3 Å². The maximum atomic E-state index is 5.65. The quantitative estimate of drug-likeness (QED) is 0.904. The van der Waals surface area contributed by atoms with E-state index in [1.54, 1.807) is 0 Å². The van der Waals surface area contributed by atoms with Crippen LogP contribution in [0.4, 0.5) is 0 Å². The summed E-state index contributed by atoms with van der Waals surface area (Å²) >= 11 is 0. The molecule has 0 aromatic heterocycles. The fourth-order valence-electron chi connectivity index (χ4n) is 3.84. The zero-order chi connectivity index (χ0) is 14.9. The Hall–Kier alpha value is -0.860. The largest absolute Gasteiger partial charge is 0.381 e. The highest BCUT2D eigenvalue weighted by molar-refractivity contribution is 5.27. The minimum atomic E-state index is 0.197. The summed E-state index contributed by atoms with van der Waals surface area (Å²) in [7, 11) is 0. The summed E-state index contributed by atoms with van der Waals surface area (Å²) in [6, 6.07) is 11.1. The van der Waals surface area contributed by atoms with Crippen LogP contribution >= 0.6 is 0 Å². The Labute approximate surface area is 129 Å². The smallest absolute Gasteiger partial charge is 0.0471 e. The van der Waals surface area contributed by atoms with Crippen molar-refractivity contribution in [2.24, 2.45) is 11.3 Å². The summed E-state index contributed by atoms with van der Waals surface area (Å²) in [6.45, 7) is 9.80. The van der Waals surface area contributed by atoms with Crippen LogP contribution in [0.15, 0.2) is 30.3 Å². The second-order valence-corrected chi connectivity index (χ2v) is 7.94. The van der Waals surface area contributed by atoms with Gasteiger partial charge in [-0.2, -0.15) is 0 Å². The highest BCUT2D eigenvalue weighted by atomic mass is 16.5. The SMILES string of the molecule is CC(C)(C)NCC1(C2CC2c2ccccc2)CCOCC1. The normalized spacial score (nSPS) is 28.3. The van der Waals surface area contributed by atoms with E-state index in [-0.39, 0.29) is 5.54 Å². The van der Waals surface area contributed by atoms with Crippen LogP contribution in [0.25, 0.3) is 0 Å². The molecule has 0 bridgehead atoms. The summed E-state index contributed by atoms with van der Waals surface area (Å²) in [5.74, 6) is 1.60. The predicted octanol–water partition coefficient (Wildman–Crippen LogP) is 3.98. The Kier molecular flexibility index (Phi) is 4.11. The summed E-state index contributed by atoms with van der Waals surface area (Å²) in [5, 5.41) is 3.77. The van der Waals surface area contributed by atoms with Crippen LogP contribution in [0, 0.1) is 11.3 Å². The number of ether oxygens (including phenoxy) is 1. The van der Waals surface area contributed by atoms with Crippen LogP contribution < -0.4 is 5.32 Å². The zero-order valence-corrected chi connectivity index (χ0v) is 13.7. The summed E-state index contributed by atoms with van der Waals surface area (Å²) < 4.78 is 5.65. The molecule has 2 fully saturated rings. The number of hydrogen-bond acceptors (Lipinski definition) is 2. The van der Waals surface area contributed by atoms with Gasteiger partial charge in [-0.05, 0) is 62.8 Å². The molecule has 2 aliphatic rings. The van der Waals surface area contributed by atoms with Crippen LogP contribution in [-0.2, 0) is 4.74 Å². The van der Waals surface area contributed by atoms with Gasteiger partial charge in [0.2, 0.25) is 0 Å². The van der Waals surface area contributed by atoms with Gasteiger partial charge in [0.05, 0.1) is 0 Å². The maximum absolute atomic E-state index is 5.65. The molecule has 0 spiro atoms. The average molecular weight is 287 g/mol. The zero-order valence-electron chi connectivity index (χ0n) is 13.7. The molecular weight excluding hydrogens is 258 g/mol. The molecule has 2 atom stereocenters. The molecule has 1 saturated heterocycles. The Morgan fingerprint density at radius 3 is 2.43 bits per heavy atom. The van der Waals surface area contributed by atoms with E-state index in [9.17, 15) is 0 Å². The first-order chi connectivity index (χ1) is 10.0. The summed E-state index contributed by atoms with van der Waals surface area (Å²) in [5.41, 5.74) is 2.17. The molecule has 3 rings (SSSR count). The predicted molar refractivity (Wildman–Crippen MR) is 87.5 cm³/mol. The van der Waals surface area contributed by atoms with E-state index in [0.717, 1.165) is 31.6 Å². The van der Waals surface area contributed by atoms with E-state index in [2.05, 4.69) is 56.4 Å². The molecule has 0 radical (unpaired) electrons. The van der Waals surface area contributed by atoms with Crippen molar-refractivity contribution in [3.8, 4) is 0 Å². The van der Waals surface area contributed by atoms with Crippen LogP contribution in [0.2, 0.25) is 0 Å². The van der Waals surface area contributed by atoms with Gasteiger partial charge in [-0.1, -0.05) is 30.3 Å². The third-order valence-corrected chi connectivity index (χ3v) is 5.26. The Morgan fingerprint density at radius 2 is 1.81 bits per heavy atom. The lowest BCUT2D eigenvalue weighted by Crippen LogP contribution is -2.47. The second-order valence-electron chi connectivity index (χ2n) is 7.94. The maximum Gasteiger partial charge on any atom is 0.0471 e. The van der Waals surface area contributed by atoms with Crippen LogP contribution in [-0.4, -0.2) is 25.3 Å². The van der Waals surface area contributed by atoms with E-state index in [0.29, 0.717) is 5.41 Å². The molecule has 21 heavy (non-hydrogen) atoms. The van der Waals surface area contributed by atoms with E-state index in [1.807, 2.05) is 0 Å². The van der Waals surface area contributed by atoms with Crippen molar-refractivity contribution in [2.45, 2.75) is 51.5 Å². The van der Waals surface area contributed by atoms with Gasteiger partial charge < -0.3 is 10.1 Å². The van der Waals surface area contributed by atoms with Crippen molar-refractivity contribution in [2.75, 3.05) is 19.8 Å². The standard InChI is InChI=1S/C19H29NO/c1-18(2,3)20-14-19(9-11-21-12-10-19)17-13-16(17)15-7-5-4-6-8-15/h4-8,16-17,20H,9-14H2,1-3H3. The highest BCUT2D eigenvalue weighted by Crippen LogP contribution is 2.60. The van der Waals surface area contributed by atoms with Crippen molar-refractivity contribution in [1.29, 1.82) is 0 Å². The molecule has 1 heterocycles. The minimum Gasteiger partial charge on any atom is -0.381 e. The first-order valence-corrected chi connectivity index (χ1v) is 8.38. The molecular formula is C19H29NO. The van der Waals surface area contributed by atoms with Gasteiger partial charge in [-0.3, -0.25) is 0 Å². The van der Waals surface area contributed by atoms with Gasteiger partial charge in [0.15, 0.2) is 0 Å². The molecule has 0 amide bonds. The van der Waals surface area contributed by atoms with Crippen LogP contribution in [0.5, 0.6) is 0 Å². The number of hydrogen-bond donors (Lipinski definition) is 1. The van der Waals surface area contributed by atoms with Gasteiger partial charge in [0.1, 0.15) is 0 Å². The van der Waals surface area contributed by atoms with Crippen molar-refractivity contribution in [3.63, 3.8) is 0 Å². The Balaban J connectivity index is 1.72. The Bertz CT molecular complexity index is 456. The lowest BCUT2D eigenvalue weighted by Gasteiger charge is -2.40. The molecule has 116 valence electrons. The van der Waals surface area contributed by atoms with Crippen molar-refractivity contribution in [1.82, 2.24) is 5.32 Å². The molecule has 1 aliphatic heterocycles. The average Bonchev–Trinajstić information content (AvgIpc) is 3.28. The molecule has 1 N–H and O–H groups in total. The van der Waals surface area contributed by atoms with Crippen molar-refractivity contribution in [3.05, 3.63) is 35.9 Å². The van der Waals surface area contributed by atoms with E-state index in [1.165, 1.54) is 24.8 Å². The van der Waals surface area contributed by atoms with Crippen molar-refractivity contribution >= 4 is 0 Å². The summed E-state index contributed by atoms with van der Waals surface area (Å²) in [6.07, 6.45) is 3.78. The molecule has 1 aliphatic carbocycles. The molecule has 1 aromatic carbocycles. The molecule has 2 unspecified atom stereocenters. The van der Waals surface area contributed by atoms with Gasteiger partial charge in [0.25, 0.3) is 0 Å². The fourth-order valence-corrected chi connectivity index (χ4v) is 3.84. The third-order valence-electron chi connectivity index (χ3n) is 5.26. The number of benzene rings is 1. The highest BCUT2D eigenvalue weighted by Gasteiger charge is 2.53.